The number of halogens is 2. The quantitative estimate of drug-likeness (QED) is 0.850. The zero-order chi connectivity index (χ0) is 13.0. The smallest absolute Gasteiger partial charge is 0.224 e. The number of rotatable bonds is 4. The van der Waals surface area contributed by atoms with Gasteiger partial charge < -0.3 is 5.32 Å². The number of anilines is 2. The Morgan fingerprint density at radius 3 is 2.89 bits per heavy atom. The Bertz CT molecular complexity index is 546. The van der Waals surface area contributed by atoms with Crippen LogP contribution in [0, 0.1) is 5.82 Å². The van der Waals surface area contributed by atoms with E-state index in [1.54, 1.807) is 0 Å². The van der Waals surface area contributed by atoms with Gasteiger partial charge in [-0.3, -0.25) is 0 Å². The topological polar surface area (TPSA) is 37.8 Å². The fourth-order valence-electron chi connectivity index (χ4n) is 1.69. The van der Waals surface area contributed by atoms with Crippen LogP contribution in [-0.2, 0) is 6.42 Å². The molecule has 0 radical (unpaired) electrons. The number of nitrogens with one attached hydrogen (secondary N) is 1. The first kappa shape index (κ1) is 12.8. The summed E-state index contributed by atoms with van der Waals surface area (Å²) in [4.78, 5) is 7.42. The minimum absolute atomic E-state index is 0.0203. The van der Waals surface area contributed by atoms with Crippen LogP contribution in [0.15, 0.2) is 30.5 Å². The predicted octanol–water partition coefficient (Wildman–Crippen LogP) is 3.97. The molecule has 0 atom stereocenters. The Morgan fingerprint density at radius 1 is 1.33 bits per heavy atom. The van der Waals surface area contributed by atoms with Crippen LogP contribution < -0.4 is 5.32 Å². The number of para-hydroxylation sites is 1. The first-order valence-corrected chi connectivity index (χ1v) is 6.11. The van der Waals surface area contributed by atoms with Gasteiger partial charge in [0.05, 0.1) is 6.20 Å². The van der Waals surface area contributed by atoms with Gasteiger partial charge in [0.1, 0.15) is 0 Å². The number of benzene rings is 1. The lowest BCUT2D eigenvalue weighted by Crippen LogP contribution is -2.01. The van der Waals surface area contributed by atoms with Gasteiger partial charge in [-0.25, -0.2) is 9.37 Å². The third-order valence-corrected chi connectivity index (χ3v) is 2.69. The number of aryl methyl sites for hydroxylation is 1. The lowest BCUT2D eigenvalue weighted by molar-refractivity contribution is 0.619. The molecular weight excluding hydrogens is 253 g/mol. The van der Waals surface area contributed by atoms with Crippen molar-refractivity contribution in [1.82, 2.24) is 9.97 Å². The van der Waals surface area contributed by atoms with E-state index in [2.05, 4.69) is 22.2 Å². The molecule has 94 valence electrons. The van der Waals surface area contributed by atoms with Gasteiger partial charge in [-0.15, -0.1) is 0 Å². The molecule has 0 amide bonds. The molecular formula is C13H13ClFN3. The summed E-state index contributed by atoms with van der Waals surface area (Å²) in [6.07, 6.45) is 3.00. The molecule has 0 saturated carbocycles. The molecule has 0 aliphatic heterocycles. The Balaban J connectivity index is 2.30. The molecule has 2 rings (SSSR count). The average molecular weight is 266 g/mol. The van der Waals surface area contributed by atoms with Gasteiger partial charge in [0.25, 0.3) is 0 Å². The first-order chi connectivity index (χ1) is 8.70. The normalized spacial score (nSPS) is 10.4. The molecule has 2 aromatic rings. The largest absolute Gasteiger partial charge is 0.337 e. The van der Waals surface area contributed by atoms with Crippen LogP contribution in [0.4, 0.5) is 15.9 Å². The zero-order valence-electron chi connectivity index (χ0n) is 9.95. The third kappa shape index (κ3) is 2.96. The van der Waals surface area contributed by atoms with E-state index in [0.29, 0.717) is 0 Å². The molecule has 18 heavy (non-hydrogen) atoms. The van der Waals surface area contributed by atoms with E-state index in [-0.39, 0.29) is 11.1 Å². The lowest BCUT2D eigenvalue weighted by atomic mass is 10.1. The molecule has 3 nitrogen and oxygen atoms in total. The van der Waals surface area contributed by atoms with Gasteiger partial charge in [0.15, 0.2) is 11.6 Å². The van der Waals surface area contributed by atoms with Gasteiger partial charge in [-0.1, -0.05) is 31.5 Å². The van der Waals surface area contributed by atoms with Crippen molar-refractivity contribution in [1.29, 1.82) is 0 Å². The Morgan fingerprint density at radius 2 is 2.11 bits per heavy atom. The summed E-state index contributed by atoms with van der Waals surface area (Å²) in [5.41, 5.74) is 1.96. The van der Waals surface area contributed by atoms with Crippen LogP contribution in [-0.4, -0.2) is 9.97 Å². The number of hydrogen-bond donors (Lipinski definition) is 1. The maximum absolute atomic E-state index is 13.5. The van der Waals surface area contributed by atoms with Crippen LogP contribution in [0.2, 0.25) is 5.28 Å². The van der Waals surface area contributed by atoms with Crippen molar-refractivity contribution in [3.63, 3.8) is 0 Å². The molecule has 5 heteroatoms. The van der Waals surface area contributed by atoms with E-state index in [4.69, 9.17) is 11.6 Å². The van der Waals surface area contributed by atoms with Gasteiger partial charge in [0.2, 0.25) is 5.28 Å². The Hall–Kier alpha value is -1.68. The summed E-state index contributed by atoms with van der Waals surface area (Å²) in [6, 6.07) is 7.74. The van der Waals surface area contributed by atoms with E-state index in [9.17, 15) is 4.39 Å². The Kier molecular flexibility index (Phi) is 4.10. The molecule has 0 bridgehead atoms. The van der Waals surface area contributed by atoms with Gasteiger partial charge in [-0.2, -0.15) is 4.98 Å². The Labute approximate surface area is 110 Å². The molecule has 0 unspecified atom stereocenters. The van der Waals surface area contributed by atoms with E-state index in [0.717, 1.165) is 30.3 Å². The summed E-state index contributed by atoms with van der Waals surface area (Å²) < 4.78 is 13.5. The van der Waals surface area contributed by atoms with Gasteiger partial charge >= 0.3 is 0 Å². The van der Waals surface area contributed by atoms with Crippen LogP contribution in [0.1, 0.15) is 18.9 Å². The second kappa shape index (κ2) is 5.78. The van der Waals surface area contributed by atoms with Crippen molar-refractivity contribution >= 4 is 23.1 Å². The van der Waals surface area contributed by atoms with Crippen LogP contribution >= 0.6 is 11.6 Å². The van der Waals surface area contributed by atoms with E-state index in [1.165, 1.54) is 0 Å². The summed E-state index contributed by atoms with van der Waals surface area (Å²) in [5.74, 6) is -0.427. The monoisotopic (exact) mass is 265 g/mol. The molecule has 1 aromatic heterocycles. The van der Waals surface area contributed by atoms with Crippen molar-refractivity contribution < 1.29 is 4.39 Å². The fourth-order valence-corrected chi connectivity index (χ4v) is 1.82. The number of hydrogen-bond acceptors (Lipinski definition) is 3. The second-order valence-electron chi connectivity index (χ2n) is 3.87. The van der Waals surface area contributed by atoms with E-state index >= 15 is 0 Å². The molecule has 0 saturated heterocycles. The fraction of sp³-hybridized carbons (Fsp3) is 0.231. The van der Waals surface area contributed by atoms with Crippen molar-refractivity contribution in [2.75, 3.05) is 5.32 Å². The molecule has 0 aliphatic carbocycles. The van der Waals surface area contributed by atoms with Crippen molar-refractivity contribution in [2.24, 2.45) is 0 Å². The maximum Gasteiger partial charge on any atom is 0.224 e. The van der Waals surface area contributed by atoms with Gasteiger partial charge in [-0.05, 0) is 29.7 Å². The average Bonchev–Trinajstić information content (AvgIpc) is 2.36. The number of aromatic nitrogens is 2. The van der Waals surface area contributed by atoms with Crippen LogP contribution in [0.5, 0.6) is 0 Å². The maximum atomic E-state index is 13.5. The molecule has 1 aromatic carbocycles. The molecule has 1 N–H and O–H groups in total. The summed E-state index contributed by atoms with van der Waals surface area (Å²) in [6.45, 7) is 2.10. The SMILES string of the molecule is CCCc1ccccc1Nc1nc(Cl)ncc1F. The summed E-state index contributed by atoms with van der Waals surface area (Å²) >= 11 is 5.66. The lowest BCUT2D eigenvalue weighted by Gasteiger charge is -2.11. The van der Waals surface area contributed by atoms with Crippen LogP contribution in [0.25, 0.3) is 0 Å². The standard InChI is InChI=1S/C13H13ClFN3/c1-2-5-9-6-3-4-7-11(9)17-12-10(15)8-16-13(14)18-12/h3-4,6-8H,2,5H2,1H3,(H,16,17,18). The predicted molar refractivity (Wildman–Crippen MR) is 70.7 cm³/mol. The third-order valence-electron chi connectivity index (χ3n) is 2.50. The van der Waals surface area contributed by atoms with Crippen molar-refractivity contribution in [3.05, 3.63) is 47.1 Å². The second-order valence-corrected chi connectivity index (χ2v) is 4.21. The minimum Gasteiger partial charge on any atom is -0.337 e. The van der Waals surface area contributed by atoms with Crippen LogP contribution in [0.3, 0.4) is 0 Å². The molecule has 0 fully saturated rings. The highest BCUT2D eigenvalue weighted by Crippen LogP contribution is 2.22. The summed E-state index contributed by atoms with van der Waals surface area (Å²) in [7, 11) is 0. The molecule has 0 aliphatic rings. The van der Waals surface area contributed by atoms with Crippen molar-refractivity contribution in [3.8, 4) is 0 Å². The first-order valence-electron chi connectivity index (χ1n) is 5.73. The van der Waals surface area contributed by atoms with Crippen molar-refractivity contribution in [2.45, 2.75) is 19.8 Å². The summed E-state index contributed by atoms with van der Waals surface area (Å²) in [5, 5.41) is 2.98. The highest BCUT2D eigenvalue weighted by Gasteiger charge is 2.08. The minimum atomic E-state index is -0.522. The highest BCUT2D eigenvalue weighted by molar-refractivity contribution is 6.28. The van der Waals surface area contributed by atoms with E-state index in [1.807, 2.05) is 24.3 Å². The number of nitrogens with zero attached hydrogens (tertiary/aromatic N) is 2. The highest BCUT2D eigenvalue weighted by atomic mass is 35.5. The zero-order valence-corrected chi connectivity index (χ0v) is 10.7. The molecule has 1 heterocycles. The van der Waals surface area contributed by atoms with Gasteiger partial charge in [0, 0.05) is 5.69 Å². The molecule has 0 spiro atoms. The van der Waals surface area contributed by atoms with E-state index < -0.39 is 5.82 Å².